The summed E-state index contributed by atoms with van der Waals surface area (Å²) >= 11 is 0. The highest BCUT2D eigenvalue weighted by Gasteiger charge is 2.20. The van der Waals surface area contributed by atoms with E-state index >= 15 is 0 Å². The standard InChI is InChI=1S/C19H29N7O5/c20-13(7-4-8-23-19(21)22)17(29)25-10-15(27)24-11-16(28)26-14(18(30)31)9-12-5-2-1-3-6-12/h1-3,5-6,13-14H,4,7-11,20H2,(H,24,27)(H,25,29)(H,26,28)(H,30,31)(H4,21,22,23)/t13-,14-/m0/s1. The van der Waals surface area contributed by atoms with Gasteiger partial charge in [-0.2, -0.15) is 0 Å². The number of carboxylic acid groups (broad SMARTS) is 1. The molecule has 0 spiro atoms. The molecule has 0 heterocycles. The van der Waals surface area contributed by atoms with Crippen molar-refractivity contribution in [1.82, 2.24) is 16.0 Å². The number of aliphatic carboxylic acids is 1. The molecule has 0 unspecified atom stereocenters. The molecule has 0 aliphatic heterocycles. The maximum Gasteiger partial charge on any atom is 0.326 e. The largest absolute Gasteiger partial charge is 0.480 e. The molecule has 12 nitrogen and oxygen atoms in total. The third-order valence-electron chi connectivity index (χ3n) is 4.09. The van der Waals surface area contributed by atoms with Crippen molar-refractivity contribution in [2.75, 3.05) is 19.6 Å². The highest BCUT2D eigenvalue weighted by Crippen LogP contribution is 2.03. The molecule has 10 N–H and O–H groups in total. The van der Waals surface area contributed by atoms with E-state index in [9.17, 15) is 24.3 Å². The molecule has 3 amide bonds. The average molecular weight is 435 g/mol. The summed E-state index contributed by atoms with van der Waals surface area (Å²) in [5.74, 6) is -3.05. The summed E-state index contributed by atoms with van der Waals surface area (Å²) in [4.78, 5) is 50.8. The molecule has 0 saturated heterocycles. The third kappa shape index (κ3) is 11.2. The monoisotopic (exact) mass is 435 g/mol. The Morgan fingerprint density at radius 3 is 2.26 bits per heavy atom. The van der Waals surface area contributed by atoms with E-state index in [0.29, 0.717) is 19.4 Å². The number of guanidine groups is 1. The Morgan fingerprint density at radius 2 is 1.65 bits per heavy atom. The van der Waals surface area contributed by atoms with Crippen molar-refractivity contribution in [3.05, 3.63) is 35.9 Å². The fourth-order valence-corrected chi connectivity index (χ4v) is 2.49. The Balaban J connectivity index is 2.32. The van der Waals surface area contributed by atoms with Crippen LogP contribution in [0.3, 0.4) is 0 Å². The zero-order valence-electron chi connectivity index (χ0n) is 17.0. The first-order valence-electron chi connectivity index (χ1n) is 9.60. The number of nitrogens with one attached hydrogen (secondary N) is 3. The molecule has 0 aromatic heterocycles. The van der Waals surface area contributed by atoms with Crippen LogP contribution >= 0.6 is 0 Å². The van der Waals surface area contributed by atoms with Crippen LogP contribution in [0.15, 0.2) is 35.3 Å². The maximum absolute atomic E-state index is 12.0. The zero-order chi connectivity index (χ0) is 23.2. The van der Waals surface area contributed by atoms with Gasteiger partial charge >= 0.3 is 5.97 Å². The fraction of sp³-hybridized carbons (Fsp3) is 0.421. The van der Waals surface area contributed by atoms with Gasteiger partial charge in [0.05, 0.1) is 19.1 Å². The van der Waals surface area contributed by atoms with Crippen LogP contribution in [0.4, 0.5) is 0 Å². The van der Waals surface area contributed by atoms with E-state index < -0.39 is 42.3 Å². The minimum Gasteiger partial charge on any atom is -0.480 e. The van der Waals surface area contributed by atoms with Crippen molar-refractivity contribution in [1.29, 1.82) is 0 Å². The SMILES string of the molecule is NC(N)=NCCC[C@H](N)C(=O)NCC(=O)NCC(=O)N[C@@H](Cc1ccccc1)C(=O)O. The molecule has 0 saturated carbocycles. The molecule has 1 rings (SSSR count). The van der Waals surface area contributed by atoms with Crippen molar-refractivity contribution in [2.24, 2.45) is 22.2 Å². The topological polar surface area (TPSA) is 215 Å². The van der Waals surface area contributed by atoms with Crippen LogP contribution in [0.2, 0.25) is 0 Å². The minimum absolute atomic E-state index is 0.0477. The number of nitrogens with zero attached hydrogens (tertiary/aromatic N) is 1. The van der Waals surface area contributed by atoms with E-state index in [-0.39, 0.29) is 18.9 Å². The number of aliphatic imine (C=N–C) groups is 1. The molecular formula is C19H29N7O5. The Morgan fingerprint density at radius 1 is 1.00 bits per heavy atom. The van der Waals surface area contributed by atoms with E-state index in [1.54, 1.807) is 30.3 Å². The number of carbonyl (C=O) groups excluding carboxylic acids is 3. The lowest BCUT2D eigenvalue weighted by molar-refractivity contribution is -0.141. The van der Waals surface area contributed by atoms with E-state index in [4.69, 9.17) is 17.2 Å². The molecule has 1 aromatic rings. The summed E-state index contributed by atoms with van der Waals surface area (Å²) < 4.78 is 0. The lowest BCUT2D eigenvalue weighted by Crippen LogP contribution is -2.49. The molecule has 12 heteroatoms. The molecule has 1 aromatic carbocycles. The lowest BCUT2D eigenvalue weighted by atomic mass is 10.1. The van der Waals surface area contributed by atoms with E-state index in [1.165, 1.54) is 0 Å². The Bertz CT molecular complexity index is 781. The summed E-state index contributed by atoms with van der Waals surface area (Å²) in [5.41, 5.74) is 16.8. The number of hydrogen-bond donors (Lipinski definition) is 7. The molecule has 170 valence electrons. The zero-order valence-corrected chi connectivity index (χ0v) is 17.0. The van der Waals surface area contributed by atoms with E-state index in [2.05, 4.69) is 20.9 Å². The van der Waals surface area contributed by atoms with E-state index in [0.717, 1.165) is 5.56 Å². The number of hydrogen-bond acceptors (Lipinski definition) is 6. The molecule has 2 atom stereocenters. The van der Waals surface area contributed by atoms with Gasteiger partial charge in [-0.25, -0.2) is 4.79 Å². The average Bonchev–Trinajstić information content (AvgIpc) is 2.73. The predicted molar refractivity (Wildman–Crippen MR) is 114 cm³/mol. The third-order valence-corrected chi connectivity index (χ3v) is 4.09. The second-order valence-corrected chi connectivity index (χ2v) is 6.70. The van der Waals surface area contributed by atoms with Gasteiger partial charge in [0.25, 0.3) is 0 Å². The molecule has 0 bridgehead atoms. The first-order valence-corrected chi connectivity index (χ1v) is 9.60. The molecular weight excluding hydrogens is 406 g/mol. The molecule has 0 radical (unpaired) electrons. The number of carbonyl (C=O) groups is 4. The lowest BCUT2D eigenvalue weighted by Gasteiger charge is -2.15. The summed E-state index contributed by atoms with van der Waals surface area (Å²) in [5, 5.41) is 16.3. The van der Waals surface area contributed by atoms with Gasteiger partial charge in [0.15, 0.2) is 5.96 Å². The van der Waals surface area contributed by atoms with Crippen LogP contribution in [0.5, 0.6) is 0 Å². The number of carboxylic acids is 1. The molecule has 0 fully saturated rings. The van der Waals surface area contributed by atoms with Crippen molar-refractivity contribution < 1.29 is 24.3 Å². The van der Waals surface area contributed by atoms with Gasteiger partial charge in [-0.05, 0) is 18.4 Å². The Labute approximate surface area is 179 Å². The van der Waals surface area contributed by atoms with Gasteiger partial charge < -0.3 is 38.3 Å². The maximum atomic E-state index is 12.0. The number of amides is 3. The summed E-state index contributed by atoms with van der Waals surface area (Å²) in [6, 6.07) is 6.85. The molecule has 0 aliphatic rings. The van der Waals surface area contributed by atoms with Crippen LogP contribution in [0.25, 0.3) is 0 Å². The Hall–Kier alpha value is -3.67. The Kier molecular flexibility index (Phi) is 11.1. The van der Waals surface area contributed by atoms with Gasteiger partial charge in [-0.1, -0.05) is 30.3 Å². The smallest absolute Gasteiger partial charge is 0.326 e. The quantitative estimate of drug-likeness (QED) is 0.0988. The number of nitrogens with two attached hydrogens (primary N) is 3. The van der Waals surface area contributed by atoms with Crippen molar-refractivity contribution in [2.45, 2.75) is 31.3 Å². The summed E-state index contributed by atoms with van der Waals surface area (Å²) in [6.07, 6.45) is 0.921. The van der Waals surface area contributed by atoms with Crippen LogP contribution in [-0.4, -0.2) is 66.5 Å². The van der Waals surface area contributed by atoms with Crippen LogP contribution in [0.1, 0.15) is 18.4 Å². The minimum atomic E-state index is -1.19. The first-order chi connectivity index (χ1) is 14.7. The predicted octanol–water partition coefficient (Wildman–Crippen LogP) is -2.59. The highest BCUT2D eigenvalue weighted by atomic mass is 16.4. The van der Waals surface area contributed by atoms with Crippen LogP contribution < -0.4 is 33.2 Å². The highest BCUT2D eigenvalue weighted by molar-refractivity contribution is 5.90. The van der Waals surface area contributed by atoms with E-state index in [1.807, 2.05) is 0 Å². The summed E-state index contributed by atoms with van der Waals surface area (Å²) in [6.45, 7) is -0.474. The van der Waals surface area contributed by atoms with Gasteiger partial charge in [0.1, 0.15) is 6.04 Å². The van der Waals surface area contributed by atoms with Crippen LogP contribution in [0, 0.1) is 0 Å². The normalized spacial score (nSPS) is 12.2. The number of benzene rings is 1. The van der Waals surface area contributed by atoms with Gasteiger partial charge in [0.2, 0.25) is 17.7 Å². The summed E-state index contributed by atoms with van der Waals surface area (Å²) in [7, 11) is 0. The first kappa shape index (κ1) is 25.4. The van der Waals surface area contributed by atoms with Gasteiger partial charge in [-0.15, -0.1) is 0 Å². The number of rotatable bonds is 13. The fourth-order valence-electron chi connectivity index (χ4n) is 2.49. The van der Waals surface area contributed by atoms with Crippen molar-refractivity contribution in [3.8, 4) is 0 Å². The second-order valence-electron chi connectivity index (χ2n) is 6.70. The van der Waals surface area contributed by atoms with Crippen molar-refractivity contribution >= 4 is 29.7 Å². The second kappa shape index (κ2) is 13.5. The van der Waals surface area contributed by atoms with Crippen LogP contribution in [-0.2, 0) is 25.6 Å². The van der Waals surface area contributed by atoms with Crippen molar-refractivity contribution in [3.63, 3.8) is 0 Å². The van der Waals surface area contributed by atoms with Gasteiger partial charge in [0, 0.05) is 13.0 Å². The van der Waals surface area contributed by atoms with Gasteiger partial charge in [-0.3, -0.25) is 19.4 Å². The molecule has 0 aliphatic carbocycles. The molecule has 31 heavy (non-hydrogen) atoms.